The summed E-state index contributed by atoms with van der Waals surface area (Å²) in [7, 11) is 1.61. The molecule has 3 aliphatic heterocycles. The lowest BCUT2D eigenvalue weighted by Gasteiger charge is -2.23. The Balaban J connectivity index is 1.29. The van der Waals surface area contributed by atoms with Gasteiger partial charge in [0.2, 0.25) is 11.8 Å². The number of nitrogens with zero attached hydrogens (tertiary/aromatic N) is 1. The van der Waals surface area contributed by atoms with Gasteiger partial charge in [-0.2, -0.15) is 0 Å². The lowest BCUT2D eigenvalue weighted by atomic mass is 9.77. The quantitative estimate of drug-likeness (QED) is 0.757. The second-order valence-corrected chi connectivity index (χ2v) is 7.74. The first-order valence-electron chi connectivity index (χ1n) is 9.69. The number of fused-ring (bicyclic) bond motifs is 1. The van der Waals surface area contributed by atoms with E-state index >= 15 is 0 Å². The topological polar surface area (TPSA) is 81.0 Å². The fourth-order valence-corrected chi connectivity index (χ4v) is 4.65. The van der Waals surface area contributed by atoms with Crippen molar-refractivity contribution >= 4 is 11.8 Å². The number of likely N-dealkylation sites (tertiary alicyclic amines) is 1. The highest BCUT2D eigenvalue weighted by molar-refractivity contribution is 5.93. The smallest absolute Gasteiger partial charge is 0.230 e. The Labute approximate surface area is 168 Å². The molecular formula is C22H22N2O5. The van der Waals surface area contributed by atoms with E-state index in [4.69, 9.17) is 13.9 Å². The standard InChI is InChI=1S/C22H22N2O5/c1-27-15-6-4-14(5-7-15)11-23-20(25)18-17-8-9-22(29-17)13-24(21(26)19(18)22)12-16-3-2-10-28-16/h2-10,17-19H,11-13H2,1H3,(H,23,25)/t17-,18?,19?,22-/m1/s1. The van der Waals surface area contributed by atoms with Crippen LogP contribution in [0.1, 0.15) is 11.3 Å². The summed E-state index contributed by atoms with van der Waals surface area (Å²) < 4.78 is 16.7. The van der Waals surface area contributed by atoms with E-state index in [2.05, 4.69) is 5.32 Å². The van der Waals surface area contributed by atoms with Gasteiger partial charge in [-0.05, 0) is 29.8 Å². The first-order valence-corrected chi connectivity index (χ1v) is 9.69. The van der Waals surface area contributed by atoms with Crippen molar-refractivity contribution < 1.29 is 23.5 Å². The number of nitrogens with one attached hydrogen (secondary N) is 1. The molecule has 29 heavy (non-hydrogen) atoms. The van der Waals surface area contributed by atoms with Crippen LogP contribution < -0.4 is 10.1 Å². The molecule has 2 saturated heterocycles. The summed E-state index contributed by atoms with van der Waals surface area (Å²) in [6.07, 6.45) is 5.10. The minimum absolute atomic E-state index is 0.0575. The van der Waals surface area contributed by atoms with E-state index in [9.17, 15) is 9.59 Å². The third-order valence-corrected chi connectivity index (χ3v) is 6.03. The number of amides is 2. The summed E-state index contributed by atoms with van der Waals surface area (Å²) in [5, 5.41) is 2.97. The molecule has 2 aromatic rings. The molecule has 0 saturated carbocycles. The summed E-state index contributed by atoms with van der Waals surface area (Å²) in [5.74, 6) is 0.249. The van der Waals surface area contributed by atoms with Crippen LogP contribution >= 0.6 is 0 Å². The van der Waals surface area contributed by atoms with Crippen molar-refractivity contribution in [3.63, 3.8) is 0 Å². The average Bonchev–Trinajstić information content (AvgIpc) is 3.50. The van der Waals surface area contributed by atoms with E-state index in [0.717, 1.165) is 11.3 Å². The summed E-state index contributed by atoms with van der Waals surface area (Å²) >= 11 is 0. The first kappa shape index (κ1) is 18.0. The SMILES string of the molecule is COc1ccc(CNC(=O)C2C3C(=O)N(Cc4ccco4)C[C@]34C=C[C@H]2O4)cc1. The normalized spacial score (nSPS) is 29.3. The van der Waals surface area contributed by atoms with E-state index in [1.54, 1.807) is 24.3 Å². The van der Waals surface area contributed by atoms with Crippen LogP contribution in [0.2, 0.25) is 0 Å². The lowest BCUT2D eigenvalue weighted by molar-refractivity contribution is -0.138. The van der Waals surface area contributed by atoms with E-state index < -0.39 is 17.4 Å². The maximum atomic E-state index is 13.1. The number of hydrogen-bond donors (Lipinski definition) is 1. The summed E-state index contributed by atoms with van der Waals surface area (Å²) in [6.45, 7) is 1.21. The number of ether oxygens (including phenoxy) is 2. The zero-order valence-electron chi connectivity index (χ0n) is 16.0. The Morgan fingerprint density at radius 2 is 2.14 bits per heavy atom. The number of rotatable bonds is 6. The van der Waals surface area contributed by atoms with Gasteiger partial charge in [-0.3, -0.25) is 9.59 Å². The van der Waals surface area contributed by atoms with Gasteiger partial charge in [0, 0.05) is 6.54 Å². The molecule has 1 spiro atoms. The van der Waals surface area contributed by atoms with Crippen LogP contribution in [0.15, 0.2) is 59.2 Å². The Morgan fingerprint density at radius 1 is 1.31 bits per heavy atom. The zero-order chi connectivity index (χ0) is 20.0. The van der Waals surface area contributed by atoms with Gasteiger partial charge in [0.1, 0.15) is 17.1 Å². The molecule has 7 nitrogen and oxygen atoms in total. The van der Waals surface area contributed by atoms with Gasteiger partial charge in [0.25, 0.3) is 0 Å². The summed E-state index contributed by atoms with van der Waals surface area (Å²) in [6, 6.07) is 11.2. The highest BCUT2D eigenvalue weighted by atomic mass is 16.5. The molecule has 2 amide bonds. The fourth-order valence-electron chi connectivity index (χ4n) is 4.65. The minimum atomic E-state index is -0.712. The molecule has 2 unspecified atom stereocenters. The van der Waals surface area contributed by atoms with Crippen LogP contribution in [0.4, 0.5) is 0 Å². The third kappa shape index (κ3) is 2.93. The first-order chi connectivity index (χ1) is 14.1. The number of benzene rings is 1. The third-order valence-electron chi connectivity index (χ3n) is 6.03. The van der Waals surface area contributed by atoms with Crippen LogP contribution in [0, 0.1) is 11.8 Å². The molecule has 5 rings (SSSR count). The molecule has 7 heteroatoms. The van der Waals surface area contributed by atoms with Crippen molar-refractivity contribution in [3.8, 4) is 5.75 Å². The highest BCUT2D eigenvalue weighted by Gasteiger charge is 2.66. The van der Waals surface area contributed by atoms with Crippen LogP contribution in [-0.2, 0) is 27.4 Å². The van der Waals surface area contributed by atoms with Gasteiger partial charge < -0.3 is 24.1 Å². The van der Waals surface area contributed by atoms with E-state index in [0.29, 0.717) is 25.4 Å². The molecule has 4 heterocycles. The molecule has 2 fully saturated rings. The fraction of sp³-hybridized carbons (Fsp3) is 0.364. The monoisotopic (exact) mass is 394 g/mol. The van der Waals surface area contributed by atoms with Gasteiger partial charge in [-0.15, -0.1) is 0 Å². The molecular weight excluding hydrogens is 372 g/mol. The number of hydrogen-bond acceptors (Lipinski definition) is 5. The molecule has 4 atom stereocenters. The number of methoxy groups -OCH3 is 1. The summed E-state index contributed by atoms with van der Waals surface area (Å²) in [4.78, 5) is 27.9. The Bertz CT molecular complexity index is 952. The van der Waals surface area contributed by atoms with Gasteiger partial charge in [0.15, 0.2) is 0 Å². The Hall–Kier alpha value is -3.06. The predicted octanol–water partition coefficient (Wildman–Crippen LogP) is 1.89. The zero-order valence-corrected chi connectivity index (χ0v) is 16.0. The predicted molar refractivity (Wildman–Crippen MR) is 103 cm³/mol. The second-order valence-electron chi connectivity index (χ2n) is 7.74. The second kappa shape index (κ2) is 6.77. The van der Waals surface area contributed by atoms with Crippen molar-refractivity contribution in [1.82, 2.24) is 10.2 Å². The van der Waals surface area contributed by atoms with Gasteiger partial charge >= 0.3 is 0 Å². The highest BCUT2D eigenvalue weighted by Crippen LogP contribution is 2.52. The molecule has 0 radical (unpaired) electrons. The van der Waals surface area contributed by atoms with E-state index in [-0.39, 0.29) is 17.9 Å². The molecule has 1 N–H and O–H groups in total. The van der Waals surface area contributed by atoms with Crippen molar-refractivity contribution in [3.05, 3.63) is 66.1 Å². The van der Waals surface area contributed by atoms with E-state index in [1.165, 1.54) is 0 Å². The number of furan rings is 1. The van der Waals surface area contributed by atoms with Gasteiger partial charge in [0.05, 0.1) is 44.4 Å². The van der Waals surface area contributed by atoms with Crippen molar-refractivity contribution in [1.29, 1.82) is 0 Å². The van der Waals surface area contributed by atoms with Crippen LogP contribution in [0.5, 0.6) is 5.75 Å². The van der Waals surface area contributed by atoms with E-state index in [1.807, 2.05) is 42.5 Å². The van der Waals surface area contributed by atoms with Gasteiger partial charge in [-0.25, -0.2) is 0 Å². The minimum Gasteiger partial charge on any atom is -0.497 e. The molecule has 2 bridgehead atoms. The molecule has 3 aliphatic rings. The molecule has 1 aromatic heterocycles. The maximum Gasteiger partial charge on any atom is 0.230 e. The molecule has 0 aliphatic carbocycles. The molecule has 150 valence electrons. The van der Waals surface area contributed by atoms with Crippen molar-refractivity contribution in [2.24, 2.45) is 11.8 Å². The average molecular weight is 394 g/mol. The van der Waals surface area contributed by atoms with Crippen LogP contribution in [-0.4, -0.2) is 42.1 Å². The van der Waals surface area contributed by atoms with Gasteiger partial charge in [-0.1, -0.05) is 24.3 Å². The maximum absolute atomic E-state index is 13.1. The van der Waals surface area contributed by atoms with Crippen LogP contribution in [0.25, 0.3) is 0 Å². The number of carbonyl (C=O) groups excluding carboxylic acids is 2. The Morgan fingerprint density at radius 3 is 2.86 bits per heavy atom. The van der Waals surface area contributed by atoms with Crippen LogP contribution in [0.3, 0.4) is 0 Å². The molecule has 1 aromatic carbocycles. The largest absolute Gasteiger partial charge is 0.497 e. The summed E-state index contributed by atoms with van der Waals surface area (Å²) in [5.41, 5.74) is 0.252. The lowest BCUT2D eigenvalue weighted by Crippen LogP contribution is -2.43. The number of carbonyl (C=O) groups is 2. The van der Waals surface area contributed by atoms with Crippen molar-refractivity contribution in [2.45, 2.75) is 24.8 Å². The van der Waals surface area contributed by atoms with Crippen molar-refractivity contribution in [2.75, 3.05) is 13.7 Å². The Kier molecular flexibility index (Phi) is 4.20.